The van der Waals surface area contributed by atoms with Gasteiger partial charge in [0.05, 0.1) is 22.6 Å². The normalized spacial score (nSPS) is 19.2. The summed E-state index contributed by atoms with van der Waals surface area (Å²) >= 11 is 1.42. The number of piperidine rings is 1. The van der Waals surface area contributed by atoms with Crippen molar-refractivity contribution in [3.8, 4) is 0 Å². The molecule has 0 aromatic heterocycles. The third-order valence-electron chi connectivity index (χ3n) is 6.74. The minimum Gasteiger partial charge on any atom is -0.380 e. The number of fused-ring (bicyclic) bond motifs is 2. The van der Waals surface area contributed by atoms with Gasteiger partial charge >= 0.3 is 6.18 Å². The summed E-state index contributed by atoms with van der Waals surface area (Å²) in [6, 6.07) is 8.91. The highest BCUT2D eigenvalue weighted by molar-refractivity contribution is 7.99. The van der Waals surface area contributed by atoms with Gasteiger partial charge in [0.15, 0.2) is 0 Å². The molecular weight excluding hydrogens is 447 g/mol. The Balaban J connectivity index is 1.42. The van der Waals surface area contributed by atoms with Crippen LogP contribution >= 0.6 is 11.8 Å². The van der Waals surface area contributed by atoms with Crippen LogP contribution in [0.15, 0.2) is 40.1 Å². The average Bonchev–Trinajstić information content (AvgIpc) is 3.33. The SMILES string of the molecule is NCCN1CCC(Nc2cc(C(F)(F)F)cc3c2Nc2ccc(N4CCCC4)cc2S3)CC1. The van der Waals surface area contributed by atoms with E-state index in [2.05, 4.69) is 32.6 Å². The number of halogens is 3. The fraction of sp³-hybridized carbons (Fsp3) is 0.500. The monoisotopic (exact) mass is 477 g/mol. The first-order valence-corrected chi connectivity index (χ1v) is 12.5. The summed E-state index contributed by atoms with van der Waals surface area (Å²) in [5.74, 6) is 0. The summed E-state index contributed by atoms with van der Waals surface area (Å²) in [4.78, 5) is 6.22. The predicted octanol–water partition coefficient (Wildman–Crippen LogP) is 5.35. The van der Waals surface area contributed by atoms with Gasteiger partial charge in [0, 0.05) is 60.8 Å². The maximum atomic E-state index is 13.7. The topological polar surface area (TPSA) is 56.6 Å². The Labute approximate surface area is 196 Å². The van der Waals surface area contributed by atoms with Crippen LogP contribution in [0.5, 0.6) is 0 Å². The zero-order valence-electron chi connectivity index (χ0n) is 18.5. The molecule has 5 rings (SSSR count). The van der Waals surface area contributed by atoms with E-state index in [1.54, 1.807) is 0 Å². The van der Waals surface area contributed by atoms with E-state index in [0.717, 1.165) is 67.5 Å². The smallest absolute Gasteiger partial charge is 0.380 e. The van der Waals surface area contributed by atoms with Gasteiger partial charge in [-0.2, -0.15) is 13.2 Å². The Bertz CT molecular complexity index is 998. The summed E-state index contributed by atoms with van der Waals surface area (Å²) in [7, 11) is 0. The minimum absolute atomic E-state index is 0.136. The molecule has 0 spiro atoms. The molecule has 2 aromatic carbocycles. The molecule has 2 fully saturated rings. The van der Waals surface area contributed by atoms with Gasteiger partial charge in [-0.3, -0.25) is 0 Å². The van der Waals surface area contributed by atoms with Crippen molar-refractivity contribution in [3.63, 3.8) is 0 Å². The van der Waals surface area contributed by atoms with Crippen LogP contribution in [-0.4, -0.2) is 50.2 Å². The van der Waals surface area contributed by atoms with Crippen molar-refractivity contribution >= 4 is 34.5 Å². The second-order valence-electron chi connectivity index (χ2n) is 9.05. The van der Waals surface area contributed by atoms with E-state index in [1.165, 1.54) is 36.7 Å². The van der Waals surface area contributed by atoms with Crippen LogP contribution in [0.25, 0.3) is 0 Å². The van der Waals surface area contributed by atoms with Gasteiger partial charge in [-0.1, -0.05) is 11.8 Å². The first-order valence-electron chi connectivity index (χ1n) is 11.7. The Hall–Kier alpha value is -2.10. The van der Waals surface area contributed by atoms with Crippen molar-refractivity contribution in [2.45, 2.75) is 47.7 Å². The number of alkyl halides is 3. The molecule has 0 amide bonds. The van der Waals surface area contributed by atoms with E-state index in [9.17, 15) is 13.2 Å². The third-order valence-corrected chi connectivity index (χ3v) is 7.84. The van der Waals surface area contributed by atoms with E-state index in [1.807, 2.05) is 6.07 Å². The van der Waals surface area contributed by atoms with Crippen molar-refractivity contribution in [1.82, 2.24) is 4.90 Å². The van der Waals surface area contributed by atoms with Crippen LogP contribution in [-0.2, 0) is 6.18 Å². The molecule has 0 aliphatic carbocycles. The van der Waals surface area contributed by atoms with Crippen molar-refractivity contribution < 1.29 is 13.2 Å². The largest absolute Gasteiger partial charge is 0.416 e. The summed E-state index contributed by atoms with van der Waals surface area (Å²) in [5, 5.41) is 6.86. The number of hydrogen-bond acceptors (Lipinski definition) is 6. The Morgan fingerprint density at radius 3 is 2.48 bits per heavy atom. The molecule has 9 heteroatoms. The zero-order valence-corrected chi connectivity index (χ0v) is 19.4. The Kier molecular flexibility index (Phi) is 6.37. The van der Waals surface area contributed by atoms with Gasteiger partial charge in [-0.15, -0.1) is 0 Å². The van der Waals surface area contributed by atoms with E-state index in [-0.39, 0.29) is 6.04 Å². The molecule has 3 aliphatic heterocycles. The maximum Gasteiger partial charge on any atom is 0.416 e. The number of benzene rings is 2. The Morgan fingerprint density at radius 1 is 1.03 bits per heavy atom. The van der Waals surface area contributed by atoms with Crippen LogP contribution < -0.4 is 21.3 Å². The quantitative estimate of drug-likeness (QED) is 0.461. The fourth-order valence-corrected chi connectivity index (χ4v) is 6.02. The van der Waals surface area contributed by atoms with Gasteiger partial charge in [-0.25, -0.2) is 0 Å². The van der Waals surface area contributed by atoms with Gasteiger partial charge in [0.1, 0.15) is 0 Å². The highest BCUT2D eigenvalue weighted by Gasteiger charge is 2.34. The first kappa shape index (κ1) is 22.7. The number of nitrogens with zero attached hydrogens (tertiary/aromatic N) is 2. The first-order chi connectivity index (χ1) is 15.9. The van der Waals surface area contributed by atoms with Crippen molar-refractivity contribution in [3.05, 3.63) is 35.9 Å². The van der Waals surface area contributed by atoms with Crippen molar-refractivity contribution in [2.24, 2.45) is 5.73 Å². The van der Waals surface area contributed by atoms with Crippen LogP contribution in [0.3, 0.4) is 0 Å². The molecule has 2 aromatic rings. The minimum atomic E-state index is -4.39. The number of rotatable bonds is 5. The van der Waals surface area contributed by atoms with E-state index in [0.29, 0.717) is 17.1 Å². The van der Waals surface area contributed by atoms with Crippen molar-refractivity contribution in [1.29, 1.82) is 0 Å². The number of anilines is 4. The molecule has 4 N–H and O–H groups in total. The average molecular weight is 478 g/mol. The van der Waals surface area contributed by atoms with Gasteiger partial charge in [0.25, 0.3) is 0 Å². The summed E-state index contributed by atoms with van der Waals surface area (Å²) in [6.45, 7) is 5.35. The summed E-state index contributed by atoms with van der Waals surface area (Å²) in [6.07, 6.45) is -0.267. The molecule has 0 atom stereocenters. The molecule has 5 nitrogen and oxygen atoms in total. The lowest BCUT2D eigenvalue weighted by Gasteiger charge is -2.34. The van der Waals surface area contributed by atoms with Crippen LogP contribution in [0.1, 0.15) is 31.2 Å². The third kappa shape index (κ3) is 4.90. The number of nitrogens with one attached hydrogen (secondary N) is 2. The lowest BCUT2D eigenvalue weighted by molar-refractivity contribution is -0.137. The Morgan fingerprint density at radius 2 is 1.79 bits per heavy atom. The number of hydrogen-bond donors (Lipinski definition) is 3. The molecular formula is C24H30F3N5S. The second-order valence-corrected chi connectivity index (χ2v) is 10.1. The van der Waals surface area contributed by atoms with Gasteiger partial charge in [-0.05, 0) is 56.0 Å². The molecule has 178 valence electrons. The molecule has 3 heterocycles. The lowest BCUT2D eigenvalue weighted by Crippen LogP contribution is -2.41. The molecule has 2 saturated heterocycles. The number of likely N-dealkylation sites (tertiary alicyclic amines) is 1. The standard InChI is InChI=1S/C24H30F3N5S/c25-24(26,27)16-13-20(29-17-5-10-31(11-6-17)12-7-28)23-22(14-16)33-21-15-18(3-4-19(21)30-23)32-8-1-2-9-32/h3-4,13-15,17,29-30H,1-2,5-12,28H2. The highest BCUT2D eigenvalue weighted by atomic mass is 32.2. The lowest BCUT2D eigenvalue weighted by atomic mass is 10.0. The van der Waals surface area contributed by atoms with E-state index in [4.69, 9.17) is 5.73 Å². The van der Waals surface area contributed by atoms with Crippen molar-refractivity contribution in [2.75, 3.05) is 54.8 Å². The molecule has 0 unspecified atom stereocenters. The van der Waals surface area contributed by atoms with Gasteiger partial charge in [0.2, 0.25) is 0 Å². The van der Waals surface area contributed by atoms with Crippen LogP contribution in [0.4, 0.5) is 35.9 Å². The summed E-state index contributed by atoms with van der Waals surface area (Å²) in [5.41, 5.74) is 8.38. The van der Waals surface area contributed by atoms with E-state index < -0.39 is 11.7 Å². The van der Waals surface area contributed by atoms with Crippen LogP contribution in [0, 0.1) is 0 Å². The molecule has 0 bridgehead atoms. The molecule has 0 radical (unpaired) electrons. The maximum absolute atomic E-state index is 13.7. The van der Waals surface area contributed by atoms with E-state index >= 15 is 0 Å². The molecule has 3 aliphatic rings. The number of nitrogens with two attached hydrogens (primary N) is 1. The fourth-order valence-electron chi connectivity index (χ4n) is 4.93. The highest BCUT2D eigenvalue weighted by Crippen LogP contribution is 2.50. The zero-order chi connectivity index (χ0) is 23.0. The van der Waals surface area contributed by atoms with Gasteiger partial charge < -0.3 is 26.2 Å². The summed E-state index contributed by atoms with van der Waals surface area (Å²) < 4.78 is 41.2. The molecule has 0 saturated carbocycles. The predicted molar refractivity (Wildman–Crippen MR) is 129 cm³/mol. The molecule has 33 heavy (non-hydrogen) atoms. The second kappa shape index (κ2) is 9.27. The van der Waals surface area contributed by atoms with Crippen LogP contribution in [0.2, 0.25) is 0 Å².